The molecule has 2 aliphatic rings. The number of nitrogens with zero attached hydrogens (tertiary/aromatic N) is 2. The zero-order valence-corrected chi connectivity index (χ0v) is 10.3. The number of halogens is 3. The van der Waals surface area contributed by atoms with Crippen molar-refractivity contribution in [1.29, 1.82) is 0 Å². The Balaban J connectivity index is 1.76. The van der Waals surface area contributed by atoms with Gasteiger partial charge in [-0.15, -0.1) is 0 Å². The molecule has 7 heteroatoms. The number of hydrogen-bond acceptors (Lipinski definition) is 3. The van der Waals surface area contributed by atoms with Gasteiger partial charge in [0.2, 0.25) is 0 Å². The fraction of sp³-hybridized carbons (Fsp3) is 0.750. The summed E-state index contributed by atoms with van der Waals surface area (Å²) in [6.45, 7) is 1.71. The normalized spacial score (nSPS) is 32.1. The lowest BCUT2D eigenvalue weighted by Crippen LogP contribution is -2.41. The van der Waals surface area contributed by atoms with Crippen LogP contribution in [0.25, 0.3) is 0 Å². The first-order chi connectivity index (χ1) is 8.99. The predicted octanol–water partition coefficient (Wildman–Crippen LogP) is 2.41. The SMILES string of the molecule is FC(F)(F)c1ccn(C2CCOC3(CCOC3)C2)n1. The lowest BCUT2D eigenvalue weighted by molar-refractivity contribution is -0.142. The smallest absolute Gasteiger partial charge is 0.378 e. The first kappa shape index (κ1) is 12.9. The summed E-state index contributed by atoms with van der Waals surface area (Å²) in [5.74, 6) is 0. The molecule has 2 atom stereocenters. The fourth-order valence-corrected chi connectivity index (χ4v) is 2.78. The van der Waals surface area contributed by atoms with Gasteiger partial charge in [0.15, 0.2) is 5.69 Å². The Hall–Kier alpha value is -1.08. The Morgan fingerprint density at radius 3 is 2.84 bits per heavy atom. The van der Waals surface area contributed by atoms with Crippen LogP contribution in [0.3, 0.4) is 0 Å². The molecule has 4 nitrogen and oxygen atoms in total. The quantitative estimate of drug-likeness (QED) is 0.790. The van der Waals surface area contributed by atoms with Gasteiger partial charge >= 0.3 is 6.18 Å². The molecule has 0 aliphatic carbocycles. The third-order valence-corrected chi connectivity index (χ3v) is 3.81. The Bertz CT molecular complexity index is 452. The molecule has 0 bridgehead atoms. The zero-order chi connectivity index (χ0) is 13.5. The molecule has 2 saturated heterocycles. The van der Waals surface area contributed by atoms with Crippen molar-refractivity contribution in [2.45, 2.75) is 37.1 Å². The minimum Gasteiger partial charge on any atom is -0.378 e. The van der Waals surface area contributed by atoms with Gasteiger partial charge < -0.3 is 9.47 Å². The van der Waals surface area contributed by atoms with Crippen LogP contribution in [0.15, 0.2) is 12.3 Å². The van der Waals surface area contributed by atoms with Crippen LogP contribution >= 0.6 is 0 Å². The predicted molar refractivity (Wildman–Crippen MR) is 59.6 cm³/mol. The zero-order valence-electron chi connectivity index (χ0n) is 10.3. The summed E-state index contributed by atoms with van der Waals surface area (Å²) in [6, 6.07) is 0.972. The maximum absolute atomic E-state index is 12.5. The van der Waals surface area contributed by atoms with E-state index >= 15 is 0 Å². The molecule has 1 aromatic rings. The molecule has 1 aromatic heterocycles. The lowest BCUT2D eigenvalue weighted by Gasteiger charge is -2.37. The molecule has 0 aromatic carbocycles. The van der Waals surface area contributed by atoms with Crippen molar-refractivity contribution in [2.75, 3.05) is 19.8 Å². The molecule has 3 rings (SSSR count). The second kappa shape index (κ2) is 4.49. The molecule has 106 valence electrons. The second-order valence-corrected chi connectivity index (χ2v) is 5.16. The van der Waals surface area contributed by atoms with Crippen molar-refractivity contribution in [2.24, 2.45) is 0 Å². The first-order valence-electron chi connectivity index (χ1n) is 6.33. The molecule has 2 unspecified atom stereocenters. The molecule has 0 radical (unpaired) electrons. The Morgan fingerprint density at radius 1 is 1.37 bits per heavy atom. The Morgan fingerprint density at radius 2 is 2.21 bits per heavy atom. The van der Waals surface area contributed by atoms with Gasteiger partial charge in [-0.2, -0.15) is 18.3 Å². The lowest BCUT2D eigenvalue weighted by atomic mass is 9.90. The van der Waals surface area contributed by atoms with Gasteiger partial charge in [-0.25, -0.2) is 0 Å². The van der Waals surface area contributed by atoms with Crippen molar-refractivity contribution >= 4 is 0 Å². The summed E-state index contributed by atoms with van der Waals surface area (Å²) >= 11 is 0. The Kier molecular flexibility index (Phi) is 3.05. The monoisotopic (exact) mass is 276 g/mol. The van der Waals surface area contributed by atoms with Crippen LogP contribution in [0.5, 0.6) is 0 Å². The van der Waals surface area contributed by atoms with E-state index in [1.165, 1.54) is 10.9 Å². The first-order valence-corrected chi connectivity index (χ1v) is 6.33. The highest BCUT2D eigenvalue weighted by atomic mass is 19.4. The maximum atomic E-state index is 12.5. The van der Waals surface area contributed by atoms with Crippen molar-refractivity contribution in [1.82, 2.24) is 9.78 Å². The van der Waals surface area contributed by atoms with Crippen molar-refractivity contribution in [3.8, 4) is 0 Å². The second-order valence-electron chi connectivity index (χ2n) is 5.16. The third-order valence-electron chi connectivity index (χ3n) is 3.81. The van der Waals surface area contributed by atoms with E-state index in [0.29, 0.717) is 32.7 Å². The number of alkyl halides is 3. The average Bonchev–Trinajstić information content (AvgIpc) is 2.98. The number of rotatable bonds is 1. The molecule has 0 amide bonds. The van der Waals surface area contributed by atoms with Crippen LogP contribution < -0.4 is 0 Å². The van der Waals surface area contributed by atoms with Crippen molar-refractivity contribution < 1.29 is 22.6 Å². The van der Waals surface area contributed by atoms with E-state index in [4.69, 9.17) is 9.47 Å². The van der Waals surface area contributed by atoms with Crippen LogP contribution in [0, 0.1) is 0 Å². The molecule has 3 heterocycles. The molecule has 0 N–H and O–H groups in total. The minimum atomic E-state index is -4.38. The van der Waals surface area contributed by atoms with Crippen molar-refractivity contribution in [3.63, 3.8) is 0 Å². The van der Waals surface area contributed by atoms with Gasteiger partial charge in [-0.1, -0.05) is 0 Å². The van der Waals surface area contributed by atoms with E-state index in [-0.39, 0.29) is 11.6 Å². The van der Waals surface area contributed by atoms with Crippen LogP contribution in [0.4, 0.5) is 13.2 Å². The summed E-state index contributed by atoms with van der Waals surface area (Å²) in [4.78, 5) is 0. The highest BCUT2D eigenvalue weighted by Gasteiger charge is 2.42. The van der Waals surface area contributed by atoms with E-state index in [0.717, 1.165) is 12.5 Å². The van der Waals surface area contributed by atoms with E-state index in [1.807, 2.05) is 0 Å². The summed E-state index contributed by atoms with van der Waals surface area (Å²) in [6.07, 6.45) is -0.837. The molecule has 2 fully saturated rings. The Labute approximate surface area is 108 Å². The molecule has 19 heavy (non-hydrogen) atoms. The molecular weight excluding hydrogens is 261 g/mol. The number of ether oxygens (including phenoxy) is 2. The molecule has 0 saturated carbocycles. The molecule has 1 spiro atoms. The third kappa shape index (κ3) is 2.49. The van der Waals surface area contributed by atoms with Gasteiger partial charge in [-0.3, -0.25) is 4.68 Å². The largest absolute Gasteiger partial charge is 0.435 e. The van der Waals surface area contributed by atoms with E-state index in [1.54, 1.807) is 0 Å². The van der Waals surface area contributed by atoms with Gasteiger partial charge in [0.25, 0.3) is 0 Å². The van der Waals surface area contributed by atoms with Crippen LogP contribution in [0.1, 0.15) is 31.0 Å². The van der Waals surface area contributed by atoms with Gasteiger partial charge in [0.1, 0.15) is 0 Å². The van der Waals surface area contributed by atoms with Crippen LogP contribution in [-0.2, 0) is 15.7 Å². The summed E-state index contributed by atoms with van der Waals surface area (Å²) in [5, 5.41) is 3.66. The summed E-state index contributed by atoms with van der Waals surface area (Å²) in [5.41, 5.74) is -1.16. The van der Waals surface area contributed by atoms with Gasteiger partial charge in [-0.05, 0) is 12.5 Å². The van der Waals surface area contributed by atoms with E-state index in [9.17, 15) is 13.2 Å². The standard InChI is InChI=1S/C12H15F3N2O2/c13-12(14,15)10-1-4-17(16-10)9-2-5-19-11(7-9)3-6-18-8-11/h1,4,9H,2-3,5-8H2. The van der Waals surface area contributed by atoms with Gasteiger partial charge in [0.05, 0.1) is 18.2 Å². The highest BCUT2D eigenvalue weighted by Crippen LogP contribution is 2.38. The molecule has 2 aliphatic heterocycles. The van der Waals surface area contributed by atoms with Crippen LogP contribution in [-0.4, -0.2) is 35.2 Å². The van der Waals surface area contributed by atoms with Crippen LogP contribution in [0.2, 0.25) is 0 Å². The maximum Gasteiger partial charge on any atom is 0.435 e. The molecular formula is C12H15F3N2O2. The number of aromatic nitrogens is 2. The summed E-state index contributed by atoms with van der Waals surface area (Å²) in [7, 11) is 0. The van der Waals surface area contributed by atoms with Crippen molar-refractivity contribution in [3.05, 3.63) is 18.0 Å². The fourth-order valence-electron chi connectivity index (χ4n) is 2.78. The highest BCUT2D eigenvalue weighted by molar-refractivity contribution is 5.05. The van der Waals surface area contributed by atoms with Gasteiger partial charge in [0, 0.05) is 32.3 Å². The average molecular weight is 276 g/mol. The minimum absolute atomic E-state index is 0.0495. The topological polar surface area (TPSA) is 36.3 Å². The van der Waals surface area contributed by atoms with E-state index in [2.05, 4.69) is 5.10 Å². The summed E-state index contributed by atoms with van der Waals surface area (Å²) < 4.78 is 50.2. The van der Waals surface area contributed by atoms with E-state index < -0.39 is 11.9 Å². The number of hydrogen-bond donors (Lipinski definition) is 0.